The van der Waals surface area contributed by atoms with Crippen LogP contribution in [0.3, 0.4) is 0 Å². The Labute approximate surface area is 157 Å². The van der Waals surface area contributed by atoms with Crippen LogP contribution in [0.25, 0.3) is 0 Å². The van der Waals surface area contributed by atoms with Crippen molar-refractivity contribution in [2.24, 2.45) is 10.9 Å². The van der Waals surface area contributed by atoms with Gasteiger partial charge in [0.15, 0.2) is 0 Å². The van der Waals surface area contributed by atoms with Gasteiger partial charge < -0.3 is 26.1 Å². The van der Waals surface area contributed by atoms with Crippen molar-refractivity contribution < 1.29 is 19.1 Å². The molecule has 4 N–H and O–H groups in total. The number of anilines is 1. The summed E-state index contributed by atoms with van der Waals surface area (Å²) >= 11 is 0. The Bertz CT molecular complexity index is 689. The Morgan fingerprint density at radius 2 is 2.11 bits per heavy atom. The number of ether oxygens (including phenoxy) is 1. The summed E-state index contributed by atoms with van der Waals surface area (Å²) in [5, 5.41) is 8.67. The van der Waals surface area contributed by atoms with Crippen LogP contribution in [0.15, 0.2) is 29.4 Å². The lowest BCUT2D eigenvalue weighted by Crippen LogP contribution is -2.46. The molecule has 3 amide bonds. The molecule has 27 heavy (non-hydrogen) atoms. The lowest BCUT2D eigenvalue weighted by Gasteiger charge is -2.17. The first-order chi connectivity index (χ1) is 13.0. The second-order valence-corrected chi connectivity index (χ2v) is 6.07. The van der Waals surface area contributed by atoms with E-state index in [9.17, 15) is 14.4 Å². The minimum atomic E-state index is -0.595. The van der Waals surface area contributed by atoms with Crippen LogP contribution in [0.1, 0.15) is 31.7 Å². The summed E-state index contributed by atoms with van der Waals surface area (Å²) in [5.74, 6) is 4.58. The van der Waals surface area contributed by atoms with Gasteiger partial charge in [-0.25, -0.2) is 4.79 Å². The van der Waals surface area contributed by atoms with Crippen LogP contribution in [0.5, 0.6) is 0 Å². The third-order valence-electron chi connectivity index (χ3n) is 4.02. The first kappa shape index (κ1) is 20.2. The second kappa shape index (κ2) is 10.1. The molecule has 1 aliphatic heterocycles. The first-order valence-electron chi connectivity index (χ1n) is 8.89. The number of carbonyl (C=O) groups excluding carboxylic acids is 3. The smallest absolute Gasteiger partial charge is 0.315 e. The molecule has 1 saturated heterocycles. The number of amides is 3. The zero-order valence-electron chi connectivity index (χ0n) is 15.3. The maximum Gasteiger partial charge on any atom is 0.315 e. The summed E-state index contributed by atoms with van der Waals surface area (Å²) in [5.41, 5.74) is 1.58. The number of nitrogens with one attached hydrogen (secondary N) is 2. The minimum Gasteiger partial charge on any atom is -0.466 e. The number of nitrogens with zero attached hydrogens (tertiary/aromatic N) is 2. The average molecular weight is 375 g/mol. The van der Waals surface area contributed by atoms with E-state index in [2.05, 4.69) is 15.7 Å². The Morgan fingerprint density at radius 3 is 2.78 bits per heavy atom. The highest BCUT2D eigenvalue weighted by Gasteiger charge is 2.33. The molecule has 2 rings (SSSR count). The molecule has 1 aliphatic rings. The van der Waals surface area contributed by atoms with E-state index in [1.165, 1.54) is 6.21 Å². The van der Waals surface area contributed by atoms with Crippen molar-refractivity contribution in [2.75, 3.05) is 24.6 Å². The Kier molecular flexibility index (Phi) is 7.60. The van der Waals surface area contributed by atoms with Gasteiger partial charge in [-0.2, -0.15) is 5.10 Å². The number of hydrazone groups is 1. The third-order valence-corrected chi connectivity index (χ3v) is 4.02. The van der Waals surface area contributed by atoms with Gasteiger partial charge in [0.25, 0.3) is 0 Å². The van der Waals surface area contributed by atoms with Crippen LogP contribution < -0.4 is 21.4 Å². The maximum absolute atomic E-state index is 12.5. The molecule has 146 valence electrons. The van der Waals surface area contributed by atoms with Gasteiger partial charge in [-0.05, 0) is 30.5 Å². The summed E-state index contributed by atoms with van der Waals surface area (Å²) in [6, 6.07) is 6.16. The number of hydrogen-bond acceptors (Lipinski definition) is 6. The van der Waals surface area contributed by atoms with Crippen LogP contribution in [-0.4, -0.2) is 49.9 Å². The summed E-state index contributed by atoms with van der Waals surface area (Å²) in [6.45, 7) is 2.95. The van der Waals surface area contributed by atoms with Crippen molar-refractivity contribution in [3.8, 4) is 0 Å². The van der Waals surface area contributed by atoms with E-state index in [0.717, 1.165) is 17.7 Å². The van der Waals surface area contributed by atoms with E-state index in [4.69, 9.17) is 10.6 Å². The average Bonchev–Trinajstić information content (AvgIpc) is 3.01. The van der Waals surface area contributed by atoms with Crippen LogP contribution >= 0.6 is 0 Å². The molecule has 0 bridgehead atoms. The molecule has 9 nitrogen and oxygen atoms in total. The molecule has 0 unspecified atom stereocenters. The molecule has 0 saturated carbocycles. The minimum absolute atomic E-state index is 0.0939. The molecule has 9 heteroatoms. The Morgan fingerprint density at radius 1 is 1.37 bits per heavy atom. The quantitative estimate of drug-likeness (QED) is 0.267. The number of carbonyl (C=O) groups is 3. The fraction of sp³-hybridized carbons (Fsp3) is 0.444. The van der Waals surface area contributed by atoms with Crippen LogP contribution in [0, 0.1) is 0 Å². The largest absolute Gasteiger partial charge is 0.466 e. The lowest BCUT2D eigenvalue weighted by atomic mass is 10.2. The van der Waals surface area contributed by atoms with E-state index >= 15 is 0 Å². The molecule has 0 aromatic heterocycles. The molecule has 1 aromatic rings. The molecule has 0 aliphatic carbocycles. The number of rotatable bonds is 8. The van der Waals surface area contributed by atoms with Gasteiger partial charge in [0, 0.05) is 18.8 Å². The highest BCUT2D eigenvalue weighted by Crippen LogP contribution is 2.21. The SMILES string of the molecule is CCCOC(=O)CCNC(=O)N[C@H]1CCN(c2ccc(C=NN)cc2)C1=O. The van der Waals surface area contributed by atoms with E-state index in [1.54, 1.807) is 17.0 Å². The topological polar surface area (TPSA) is 126 Å². The molecule has 1 fully saturated rings. The standard InChI is InChI=1S/C18H25N5O4/c1-2-11-27-16(24)7-9-20-18(26)22-15-8-10-23(17(15)25)14-5-3-13(4-6-14)12-21-19/h3-6,12,15H,2,7-11,19H2,1H3,(H2,20,22,26)/t15-/m0/s1. The summed E-state index contributed by atoms with van der Waals surface area (Å²) < 4.78 is 4.92. The summed E-state index contributed by atoms with van der Waals surface area (Å²) in [7, 11) is 0. The molecule has 1 heterocycles. The van der Waals surface area contributed by atoms with Gasteiger partial charge >= 0.3 is 12.0 Å². The van der Waals surface area contributed by atoms with Gasteiger partial charge in [-0.15, -0.1) is 0 Å². The number of hydrogen-bond donors (Lipinski definition) is 3. The van der Waals surface area contributed by atoms with Crippen molar-refractivity contribution in [3.63, 3.8) is 0 Å². The second-order valence-electron chi connectivity index (χ2n) is 6.07. The highest BCUT2D eigenvalue weighted by molar-refractivity contribution is 6.01. The lowest BCUT2D eigenvalue weighted by molar-refractivity contribution is -0.143. The zero-order valence-corrected chi connectivity index (χ0v) is 15.3. The fourth-order valence-corrected chi connectivity index (χ4v) is 2.67. The maximum atomic E-state index is 12.5. The van der Waals surface area contributed by atoms with Crippen molar-refractivity contribution in [1.29, 1.82) is 0 Å². The summed E-state index contributed by atoms with van der Waals surface area (Å²) in [4.78, 5) is 37.4. The zero-order chi connectivity index (χ0) is 19.6. The van der Waals surface area contributed by atoms with Gasteiger partial charge in [0.1, 0.15) is 6.04 Å². The summed E-state index contributed by atoms with van der Waals surface area (Å²) in [6.07, 6.45) is 2.87. The number of nitrogens with two attached hydrogens (primary N) is 1. The van der Waals surface area contributed by atoms with Crippen LogP contribution in [-0.2, 0) is 14.3 Å². The van der Waals surface area contributed by atoms with E-state index < -0.39 is 12.1 Å². The predicted octanol–water partition coefficient (Wildman–Crippen LogP) is 0.727. The van der Waals surface area contributed by atoms with Gasteiger partial charge in [0.2, 0.25) is 5.91 Å². The fourth-order valence-electron chi connectivity index (χ4n) is 2.67. The molecule has 0 spiro atoms. The van der Waals surface area contributed by atoms with Gasteiger partial charge in [-0.1, -0.05) is 19.1 Å². The van der Waals surface area contributed by atoms with Crippen molar-refractivity contribution in [3.05, 3.63) is 29.8 Å². The van der Waals surface area contributed by atoms with Gasteiger partial charge in [0.05, 0.1) is 19.2 Å². The predicted molar refractivity (Wildman–Crippen MR) is 101 cm³/mol. The van der Waals surface area contributed by atoms with E-state index in [-0.39, 0.29) is 24.8 Å². The van der Waals surface area contributed by atoms with E-state index in [1.807, 2.05) is 19.1 Å². The number of urea groups is 1. The van der Waals surface area contributed by atoms with Gasteiger partial charge in [-0.3, -0.25) is 9.59 Å². The molecular formula is C18H25N5O4. The normalized spacial score (nSPS) is 16.6. The van der Waals surface area contributed by atoms with Crippen LogP contribution in [0.4, 0.5) is 10.5 Å². The van der Waals surface area contributed by atoms with Crippen molar-refractivity contribution in [2.45, 2.75) is 32.2 Å². The molecule has 1 atom stereocenters. The van der Waals surface area contributed by atoms with E-state index in [0.29, 0.717) is 19.6 Å². The van der Waals surface area contributed by atoms with Crippen LogP contribution in [0.2, 0.25) is 0 Å². The monoisotopic (exact) mass is 375 g/mol. The van der Waals surface area contributed by atoms with Crippen molar-refractivity contribution >= 4 is 29.8 Å². The molecular weight excluding hydrogens is 350 g/mol. The molecule has 0 radical (unpaired) electrons. The first-order valence-corrected chi connectivity index (χ1v) is 8.89. The Balaban J connectivity index is 1.79. The van der Waals surface area contributed by atoms with Crippen molar-refractivity contribution in [1.82, 2.24) is 10.6 Å². The number of benzene rings is 1. The Hall–Kier alpha value is -3.10. The molecule has 1 aromatic carbocycles. The third kappa shape index (κ3) is 5.98. The number of esters is 1. The highest BCUT2D eigenvalue weighted by atomic mass is 16.5.